The van der Waals surface area contributed by atoms with Crippen molar-refractivity contribution in [1.29, 1.82) is 0 Å². The zero-order valence-electron chi connectivity index (χ0n) is 13.9. The lowest BCUT2D eigenvalue weighted by Crippen LogP contribution is -2.14. The van der Waals surface area contributed by atoms with Crippen molar-refractivity contribution < 1.29 is 18.0 Å². The van der Waals surface area contributed by atoms with E-state index < -0.39 is 17.6 Å². The number of rotatable bonds is 2. The van der Waals surface area contributed by atoms with E-state index in [0.717, 1.165) is 17.8 Å². The first kappa shape index (κ1) is 18.4. The van der Waals surface area contributed by atoms with Gasteiger partial charge in [0.15, 0.2) is 11.5 Å². The Morgan fingerprint density at radius 3 is 2.56 bits per heavy atom. The predicted molar refractivity (Wildman–Crippen MR) is 88.5 cm³/mol. The summed E-state index contributed by atoms with van der Waals surface area (Å²) in [4.78, 5) is 16.2. The van der Waals surface area contributed by atoms with E-state index in [9.17, 15) is 18.0 Å². The number of hydrogen-bond donors (Lipinski definition) is 1. The highest BCUT2D eigenvalue weighted by atomic mass is 19.4. The summed E-state index contributed by atoms with van der Waals surface area (Å²) >= 11 is 0. The quantitative estimate of drug-likeness (QED) is 0.748. The van der Waals surface area contributed by atoms with Crippen molar-refractivity contribution in [3.8, 4) is 0 Å². The second-order valence-corrected chi connectivity index (χ2v) is 4.94. The monoisotopic (exact) mass is 350 g/mol. The van der Waals surface area contributed by atoms with Crippen molar-refractivity contribution in [2.45, 2.75) is 26.9 Å². The van der Waals surface area contributed by atoms with Gasteiger partial charge in [0.05, 0.1) is 17.5 Å². The van der Waals surface area contributed by atoms with Gasteiger partial charge in [0.25, 0.3) is 5.91 Å². The number of nitrogens with zero attached hydrogens (tertiary/aromatic N) is 3. The number of aryl methyl sites for hydroxylation is 1. The molecule has 3 aromatic rings. The number of nitrogens with one attached hydrogen (secondary N) is 1. The molecular formula is C17H17F3N4O. The van der Waals surface area contributed by atoms with E-state index in [1.54, 1.807) is 19.1 Å². The summed E-state index contributed by atoms with van der Waals surface area (Å²) in [5.41, 5.74) is 0.319. The smallest absolute Gasteiger partial charge is 0.305 e. The zero-order chi connectivity index (χ0) is 18.6. The third-order valence-corrected chi connectivity index (χ3v) is 3.15. The van der Waals surface area contributed by atoms with Crippen molar-refractivity contribution in [2.75, 3.05) is 5.32 Å². The summed E-state index contributed by atoms with van der Waals surface area (Å²) in [6.45, 7) is 5.81. The molecule has 0 radical (unpaired) electrons. The van der Waals surface area contributed by atoms with Crippen LogP contribution in [0.25, 0.3) is 5.65 Å². The number of halogens is 3. The van der Waals surface area contributed by atoms with Crippen LogP contribution in [0, 0.1) is 6.92 Å². The Labute approximate surface area is 142 Å². The van der Waals surface area contributed by atoms with Gasteiger partial charge in [-0.05, 0) is 37.3 Å². The van der Waals surface area contributed by atoms with Gasteiger partial charge in [0.1, 0.15) is 0 Å². The molecule has 5 nitrogen and oxygen atoms in total. The molecular weight excluding hydrogens is 333 g/mol. The topological polar surface area (TPSA) is 59.3 Å². The fourth-order valence-electron chi connectivity index (χ4n) is 2.06. The van der Waals surface area contributed by atoms with Crippen LogP contribution in [-0.2, 0) is 6.18 Å². The maximum Gasteiger partial charge on any atom is 0.416 e. The van der Waals surface area contributed by atoms with Gasteiger partial charge in [-0.3, -0.25) is 4.79 Å². The maximum absolute atomic E-state index is 12.7. The predicted octanol–water partition coefficient (Wildman–Crippen LogP) is 4.34. The Kier molecular flexibility index (Phi) is 5.41. The molecule has 0 bridgehead atoms. The first-order valence-corrected chi connectivity index (χ1v) is 7.64. The Bertz CT molecular complexity index is 887. The van der Waals surface area contributed by atoms with E-state index in [1.165, 1.54) is 22.8 Å². The Balaban J connectivity index is 0.00000109. The van der Waals surface area contributed by atoms with Crippen LogP contribution in [-0.4, -0.2) is 20.5 Å². The summed E-state index contributed by atoms with van der Waals surface area (Å²) in [5, 5.41) is 6.64. The van der Waals surface area contributed by atoms with Gasteiger partial charge in [-0.1, -0.05) is 19.9 Å². The molecule has 1 N–H and O–H groups in total. The molecule has 3 rings (SSSR count). The molecule has 132 valence electrons. The third-order valence-electron chi connectivity index (χ3n) is 3.15. The summed E-state index contributed by atoms with van der Waals surface area (Å²) < 4.78 is 39.5. The average Bonchev–Trinajstić information content (AvgIpc) is 2.97. The Morgan fingerprint density at radius 1 is 1.16 bits per heavy atom. The third kappa shape index (κ3) is 4.34. The molecule has 8 heteroatoms. The lowest BCUT2D eigenvalue weighted by Gasteiger charge is -2.08. The molecule has 0 saturated heterocycles. The van der Waals surface area contributed by atoms with Crippen molar-refractivity contribution in [2.24, 2.45) is 0 Å². The molecule has 0 aliphatic rings. The number of anilines is 1. The van der Waals surface area contributed by atoms with Crippen LogP contribution in [0.3, 0.4) is 0 Å². The largest absolute Gasteiger partial charge is 0.416 e. The summed E-state index contributed by atoms with van der Waals surface area (Å²) in [6, 6.07) is 7.69. The second-order valence-electron chi connectivity index (χ2n) is 4.94. The molecule has 0 atom stereocenters. The molecule has 0 fully saturated rings. The number of hydrogen-bond acceptors (Lipinski definition) is 3. The van der Waals surface area contributed by atoms with Crippen molar-refractivity contribution >= 4 is 17.4 Å². The van der Waals surface area contributed by atoms with E-state index in [1.807, 2.05) is 13.8 Å². The molecule has 0 saturated carbocycles. The number of carbonyl (C=O) groups excluding carboxylic acids is 1. The maximum atomic E-state index is 12.7. The number of fused-ring (bicyclic) bond motifs is 1. The van der Waals surface area contributed by atoms with Crippen molar-refractivity contribution in [3.63, 3.8) is 0 Å². The minimum Gasteiger partial charge on any atom is -0.305 e. The van der Waals surface area contributed by atoms with E-state index in [4.69, 9.17) is 0 Å². The van der Waals surface area contributed by atoms with E-state index >= 15 is 0 Å². The summed E-state index contributed by atoms with van der Waals surface area (Å²) in [7, 11) is 0. The fourth-order valence-corrected chi connectivity index (χ4v) is 2.06. The Morgan fingerprint density at radius 2 is 1.88 bits per heavy atom. The highest BCUT2D eigenvalue weighted by Crippen LogP contribution is 2.29. The highest BCUT2D eigenvalue weighted by molar-refractivity contribution is 6.04. The van der Waals surface area contributed by atoms with Crippen LogP contribution in [0.15, 0.2) is 42.6 Å². The normalized spacial score (nSPS) is 11.0. The summed E-state index contributed by atoms with van der Waals surface area (Å²) in [6.07, 6.45) is -3.01. The minimum absolute atomic E-state index is 0.0963. The molecule has 0 aliphatic carbocycles. The number of alkyl halides is 3. The lowest BCUT2D eigenvalue weighted by molar-refractivity contribution is -0.137. The number of carbonyl (C=O) groups is 1. The molecule has 0 unspecified atom stereocenters. The lowest BCUT2D eigenvalue weighted by atomic mass is 10.1. The van der Waals surface area contributed by atoms with E-state index in [-0.39, 0.29) is 11.4 Å². The average molecular weight is 350 g/mol. The minimum atomic E-state index is -4.50. The standard InChI is InChI=1S/C15H11F3N4O.C2H6/c1-9-5-6-13-19-12(8-22(13)21-9)20-14(23)10-3-2-4-11(7-10)15(16,17)18;1-2/h2-8H,1H3,(H,20,23);1-2H3. The van der Waals surface area contributed by atoms with Gasteiger partial charge in [0.2, 0.25) is 0 Å². The Hall–Kier alpha value is -2.90. The van der Waals surface area contributed by atoms with Crippen LogP contribution >= 0.6 is 0 Å². The number of imidazole rings is 1. The molecule has 0 spiro atoms. The molecule has 2 heterocycles. The van der Waals surface area contributed by atoms with Crippen LogP contribution in [0.2, 0.25) is 0 Å². The highest BCUT2D eigenvalue weighted by Gasteiger charge is 2.30. The van der Waals surface area contributed by atoms with Gasteiger partial charge >= 0.3 is 6.18 Å². The molecule has 0 aliphatic heterocycles. The van der Waals surface area contributed by atoms with Crippen molar-refractivity contribution in [1.82, 2.24) is 14.6 Å². The van der Waals surface area contributed by atoms with Crippen LogP contribution in [0.4, 0.5) is 19.0 Å². The van der Waals surface area contributed by atoms with Crippen LogP contribution in [0.5, 0.6) is 0 Å². The first-order chi connectivity index (χ1) is 11.8. The number of amides is 1. The molecule has 25 heavy (non-hydrogen) atoms. The number of aromatic nitrogens is 3. The number of benzene rings is 1. The van der Waals surface area contributed by atoms with Crippen molar-refractivity contribution in [3.05, 3.63) is 59.4 Å². The second kappa shape index (κ2) is 7.33. The molecule has 1 aromatic carbocycles. The van der Waals surface area contributed by atoms with Crippen LogP contribution < -0.4 is 5.32 Å². The van der Waals surface area contributed by atoms with Crippen LogP contribution in [0.1, 0.15) is 35.5 Å². The van der Waals surface area contributed by atoms with Gasteiger partial charge < -0.3 is 5.32 Å². The van der Waals surface area contributed by atoms with Gasteiger partial charge in [-0.25, -0.2) is 9.50 Å². The molecule has 1 amide bonds. The van der Waals surface area contributed by atoms with E-state index in [0.29, 0.717) is 5.65 Å². The first-order valence-electron chi connectivity index (χ1n) is 7.64. The van der Waals surface area contributed by atoms with Gasteiger partial charge in [-0.15, -0.1) is 0 Å². The molecule has 2 aromatic heterocycles. The summed E-state index contributed by atoms with van der Waals surface area (Å²) in [5.74, 6) is -0.457. The zero-order valence-corrected chi connectivity index (χ0v) is 13.9. The van der Waals surface area contributed by atoms with Gasteiger partial charge in [0, 0.05) is 5.56 Å². The van der Waals surface area contributed by atoms with E-state index in [2.05, 4.69) is 15.4 Å². The van der Waals surface area contributed by atoms with Gasteiger partial charge in [-0.2, -0.15) is 18.3 Å². The SMILES string of the molecule is CC.Cc1ccc2nc(NC(=O)c3cccc(C(F)(F)F)c3)cn2n1. The fraction of sp³-hybridized carbons (Fsp3) is 0.235.